The van der Waals surface area contributed by atoms with Crippen LogP contribution >= 0.6 is 0 Å². The number of hydrogen-bond acceptors (Lipinski definition) is 3. The van der Waals surface area contributed by atoms with Gasteiger partial charge in [-0.15, -0.1) is 0 Å². The zero-order valence-corrected chi connectivity index (χ0v) is 8.90. The number of benzene rings is 1. The molecule has 1 aromatic rings. The van der Waals surface area contributed by atoms with Gasteiger partial charge in [-0.3, -0.25) is 0 Å². The summed E-state index contributed by atoms with van der Waals surface area (Å²) in [7, 11) is 3.91. The van der Waals surface area contributed by atoms with Crippen molar-refractivity contribution in [1.29, 1.82) is 0 Å². The molecule has 0 saturated carbocycles. The molecule has 0 aliphatic heterocycles. The SMILES string of the molecule is CN(C)CCc1ccc(O)c(C(=O)O)c1. The third-order valence-corrected chi connectivity index (χ3v) is 2.14. The van der Waals surface area contributed by atoms with E-state index in [1.54, 1.807) is 6.07 Å². The van der Waals surface area contributed by atoms with Crippen LogP contribution in [0.2, 0.25) is 0 Å². The van der Waals surface area contributed by atoms with Crippen LogP contribution in [0.15, 0.2) is 18.2 Å². The standard InChI is InChI=1S/C11H15NO3/c1-12(2)6-5-8-3-4-10(13)9(7-8)11(14)15/h3-4,7,13H,5-6H2,1-2H3,(H,14,15). The molecule has 0 spiro atoms. The van der Waals surface area contributed by atoms with Crippen LogP contribution in [0.4, 0.5) is 0 Å². The minimum Gasteiger partial charge on any atom is -0.507 e. The summed E-state index contributed by atoms with van der Waals surface area (Å²) in [4.78, 5) is 12.8. The van der Waals surface area contributed by atoms with Gasteiger partial charge < -0.3 is 15.1 Å². The molecule has 0 amide bonds. The predicted molar refractivity (Wildman–Crippen MR) is 57.3 cm³/mol. The predicted octanol–water partition coefficient (Wildman–Crippen LogP) is 1.19. The Morgan fingerprint density at radius 3 is 2.60 bits per heavy atom. The molecule has 0 unspecified atom stereocenters. The molecule has 15 heavy (non-hydrogen) atoms. The molecule has 0 atom stereocenters. The highest BCUT2D eigenvalue weighted by Crippen LogP contribution is 2.18. The van der Waals surface area contributed by atoms with Gasteiger partial charge in [0.25, 0.3) is 0 Å². The Morgan fingerprint density at radius 1 is 1.40 bits per heavy atom. The van der Waals surface area contributed by atoms with Crippen LogP contribution in [0, 0.1) is 0 Å². The number of carboxylic acids is 1. The van der Waals surface area contributed by atoms with Crippen LogP contribution in [0.3, 0.4) is 0 Å². The Kier molecular flexibility index (Phi) is 3.68. The number of hydrogen-bond donors (Lipinski definition) is 2. The Hall–Kier alpha value is -1.55. The van der Waals surface area contributed by atoms with Crippen LogP contribution in [0.25, 0.3) is 0 Å². The van der Waals surface area contributed by atoms with Gasteiger partial charge in [0.05, 0.1) is 0 Å². The van der Waals surface area contributed by atoms with Crippen LogP contribution in [0.5, 0.6) is 5.75 Å². The van der Waals surface area contributed by atoms with Crippen molar-refractivity contribution in [3.8, 4) is 5.75 Å². The zero-order valence-electron chi connectivity index (χ0n) is 8.90. The summed E-state index contributed by atoms with van der Waals surface area (Å²) in [6.45, 7) is 0.851. The van der Waals surface area contributed by atoms with Crippen molar-refractivity contribution < 1.29 is 15.0 Å². The van der Waals surface area contributed by atoms with Crippen molar-refractivity contribution in [1.82, 2.24) is 4.90 Å². The van der Waals surface area contributed by atoms with Gasteiger partial charge in [0, 0.05) is 6.54 Å². The lowest BCUT2D eigenvalue weighted by molar-refractivity contribution is 0.0693. The highest BCUT2D eigenvalue weighted by Gasteiger charge is 2.09. The first kappa shape index (κ1) is 11.5. The van der Waals surface area contributed by atoms with Gasteiger partial charge in [-0.1, -0.05) is 6.07 Å². The summed E-state index contributed by atoms with van der Waals surface area (Å²) in [6.07, 6.45) is 0.771. The van der Waals surface area contributed by atoms with E-state index in [1.165, 1.54) is 12.1 Å². The lowest BCUT2D eigenvalue weighted by atomic mass is 10.1. The third kappa shape index (κ3) is 3.25. The summed E-state index contributed by atoms with van der Waals surface area (Å²) in [6, 6.07) is 4.68. The van der Waals surface area contributed by atoms with E-state index in [0.29, 0.717) is 0 Å². The smallest absolute Gasteiger partial charge is 0.339 e. The minimum absolute atomic E-state index is 0.0359. The van der Waals surface area contributed by atoms with Gasteiger partial charge in [0.15, 0.2) is 0 Å². The normalized spacial score (nSPS) is 10.6. The second kappa shape index (κ2) is 4.79. The third-order valence-electron chi connectivity index (χ3n) is 2.14. The molecule has 0 bridgehead atoms. The van der Waals surface area contributed by atoms with Crippen molar-refractivity contribution in [3.63, 3.8) is 0 Å². The van der Waals surface area contributed by atoms with Crippen LogP contribution < -0.4 is 0 Å². The molecule has 4 heteroatoms. The number of rotatable bonds is 4. The van der Waals surface area contributed by atoms with E-state index >= 15 is 0 Å². The van der Waals surface area contributed by atoms with E-state index in [9.17, 15) is 9.90 Å². The van der Waals surface area contributed by atoms with E-state index in [-0.39, 0.29) is 11.3 Å². The molecule has 0 saturated heterocycles. The van der Waals surface area contributed by atoms with Gasteiger partial charge >= 0.3 is 5.97 Å². The Labute approximate surface area is 88.8 Å². The number of phenols is 1. The van der Waals surface area contributed by atoms with E-state index in [2.05, 4.69) is 0 Å². The largest absolute Gasteiger partial charge is 0.507 e. The Bertz CT molecular complexity index is 361. The molecule has 0 radical (unpaired) electrons. The van der Waals surface area contributed by atoms with Crippen LogP contribution in [0.1, 0.15) is 15.9 Å². The molecule has 0 aliphatic rings. The molecule has 4 nitrogen and oxygen atoms in total. The quantitative estimate of drug-likeness (QED) is 0.782. The maximum atomic E-state index is 10.7. The maximum absolute atomic E-state index is 10.7. The Balaban J connectivity index is 2.83. The first-order valence-electron chi connectivity index (χ1n) is 4.70. The summed E-state index contributed by atoms with van der Waals surface area (Å²) in [5.41, 5.74) is 0.880. The van der Waals surface area contributed by atoms with Gasteiger partial charge in [0.1, 0.15) is 11.3 Å². The average molecular weight is 209 g/mol. The molecule has 2 N–H and O–H groups in total. The monoisotopic (exact) mass is 209 g/mol. The summed E-state index contributed by atoms with van der Waals surface area (Å²) < 4.78 is 0. The highest BCUT2D eigenvalue weighted by molar-refractivity contribution is 5.90. The van der Waals surface area contributed by atoms with Gasteiger partial charge in [-0.2, -0.15) is 0 Å². The molecule has 0 heterocycles. The van der Waals surface area contributed by atoms with Crippen LogP contribution in [-0.4, -0.2) is 41.7 Å². The molecule has 1 aromatic carbocycles. The van der Waals surface area contributed by atoms with Crippen molar-refractivity contribution >= 4 is 5.97 Å². The second-order valence-electron chi connectivity index (χ2n) is 3.71. The van der Waals surface area contributed by atoms with Gasteiger partial charge in [-0.05, 0) is 38.2 Å². The first-order valence-corrected chi connectivity index (χ1v) is 4.70. The molecule has 0 aliphatic carbocycles. The fourth-order valence-corrected chi connectivity index (χ4v) is 1.26. The fraction of sp³-hybridized carbons (Fsp3) is 0.364. The van der Waals surface area contributed by atoms with E-state index < -0.39 is 5.97 Å². The highest BCUT2D eigenvalue weighted by atomic mass is 16.4. The summed E-state index contributed by atoms with van der Waals surface area (Å²) >= 11 is 0. The number of carbonyl (C=O) groups is 1. The number of likely N-dealkylation sites (N-methyl/N-ethyl adjacent to an activating group) is 1. The van der Waals surface area contributed by atoms with Crippen molar-refractivity contribution in [2.75, 3.05) is 20.6 Å². The topological polar surface area (TPSA) is 60.8 Å². The minimum atomic E-state index is -1.10. The molecule has 0 fully saturated rings. The van der Waals surface area contributed by atoms with Gasteiger partial charge in [0.2, 0.25) is 0 Å². The second-order valence-corrected chi connectivity index (χ2v) is 3.71. The average Bonchev–Trinajstić information content (AvgIpc) is 2.16. The molecule has 1 rings (SSSR count). The zero-order chi connectivity index (χ0) is 11.4. The molecule has 0 aromatic heterocycles. The molecular formula is C11H15NO3. The molecular weight excluding hydrogens is 194 g/mol. The number of aromatic carboxylic acids is 1. The first-order chi connectivity index (χ1) is 7.00. The van der Waals surface area contributed by atoms with Crippen LogP contribution in [-0.2, 0) is 6.42 Å². The lowest BCUT2D eigenvalue weighted by Crippen LogP contribution is -2.15. The maximum Gasteiger partial charge on any atom is 0.339 e. The van der Waals surface area contributed by atoms with E-state index in [4.69, 9.17) is 5.11 Å². The fourth-order valence-electron chi connectivity index (χ4n) is 1.26. The number of carboxylic acid groups (broad SMARTS) is 1. The summed E-state index contributed by atoms with van der Waals surface area (Å²) in [5.74, 6) is -1.28. The number of aromatic hydroxyl groups is 1. The molecule has 82 valence electrons. The van der Waals surface area contributed by atoms with Crippen molar-refractivity contribution in [3.05, 3.63) is 29.3 Å². The van der Waals surface area contributed by atoms with Gasteiger partial charge in [-0.25, -0.2) is 4.79 Å². The van der Waals surface area contributed by atoms with E-state index in [1.807, 2.05) is 19.0 Å². The van der Waals surface area contributed by atoms with Crippen molar-refractivity contribution in [2.24, 2.45) is 0 Å². The lowest BCUT2D eigenvalue weighted by Gasteiger charge is -2.09. The van der Waals surface area contributed by atoms with E-state index in [0.717, 1.165) is 18.5 Å². The number of nitrogens with zero attached hydrogens (tertiary/aromatic N) is 1. The Morgan fingerprint density at radius 2 is 2.07 bits per heavy atom. The van der Waals surface area contributed by atoms with Crippen molar-refractivity contribution in [2.45, 2.75) is 6.42 Å². The summed E-state index contributed by atoms with van der Waals surface area (Å²) in [5, 5.41) is 18.1.